The first-order chi connectivity index (χ1) is 25.6. The van der Waals surface area contributed by atoms with Crippen molar-refractivity contribution in [3.8, 4) is 0 Å². The standard InChI is InChI=1S/C35H66O17P2/c1-5-8-11-14-17-20-33(38)46-26-32(52-35(40)22-19-16-13-10-7-3)28-50-54(43,44)48-24-30(37)23-47-53(41,42)49-27-31(25-45-29(4)36)51-34(39)21-18-15-12-9-6-2/h30-32,37H,5-28H2,1-4H3,(H,41,42)(H,43,44)/t30-,31-,32-/m1/s1. The maximum Gasteiger partial charge on any atom is 0.472 e. The number of esters is 4. The summed E-state index contributed by atoms with van der Waals surface area (Å²) < 4.78 is 64.9. The molecule has 19 heteroatoms. The minimum atomic E-state index is -4.89. The van der Waals surface area contributed by atoms with Gasteiger partial charge in [0.05, 0.1) is 26.4 Å². The Morgan fingerprint density at radius 2 is 0.815 bits per heavy atom. The number of phosphoric ester groups is 2. The zero-order chi connectivity index (χ0) is 40.7. The van der Waals surface area contributed by atoms with Crippen LogP contribution in [-0.2, 0) is 65.4 Å². The quantitative estimate of drug-likeness (QED) is 0.0260. The van der Waals surface area contributed by atoms with Gasteiger partial charge in [0.25, 0.3) is 0 Å². The smallest absolute Gasteiger partial charge is 0.462 e. The molecular weight excluding hydrogens is 754 g/mol. The van der Waals surface area contributed by atoms with Crippen LogP contribution in [0.2, 0.25) is 0 Å². The van der Waals surface area contributed by atoms with Crippen molar-refractivity contribution in [2.24, 2.45) is 0 Å². The molecule has 0 saturated heterocycles. The zero-order valence-electron chi connectivity index (χ0n) is 32.7. The van der Waals surface area contributed by atoms with Gasteiger partial charge in [-0.25, -0.2) is 9.13 Å². The van der Waals surface area contributed by atoms with Gasteiger partial charge in [0.15, 0.2) is 12.2 Å². The molecule has 0 aromatic carbocycles. The van der Waals surface area contributed by atoms with Gasteiger partial charge in [-0.1, -0.05) is 97.8 Å². The van der Waals surface area contributed by atoms with Gasteiger partial charge in [-0.15, -0.1) is 0 Å². The second kappa shape index (κ2) is 32.2. The highest BCUT2D eigenvalue weighted by Gasteiger charge is 2.30. The molecule has 0 bridgehead atoms. The lowest BCUT2D eigenvalue weighted by atomic mass is 10.1. The average Bonchev–Trinajstić information content (AvgIpc) is 3.12. The topological polar surface area (TPSA) is 237 Å². The molecular formula is C35H66O17P2. The first kappa shape index (κ1) is 52.1. The van der Waals surface area contributed by atoms with Crippen molar-refractivity contribution in [3.05, 3.63) is 0 Å². The molecule has 0 radical (unpaired) electrons. The van der Waals surface area contributed by atoms with Gasteiger partial charge in [0.1, 0.15) is 19.3 Å². The number of carbonyl (C=O) groups is 4. The van der Waals surface area contributed by atoms with Crippen molar-refractivity contribution in [1.29, 1.82) is 0 Å². The van der Waals surface area contributed by atoms with Crippen molar-refractivity contribution in [3.63, 3.8) is 0 Å². The van der Waals surface area contributed by atoms with Crippen LogP contribution in [-0.4, -0.2) is 96.7 Å². The van der Waals surface area contributed by atoms with Crippen LogP contribution in [0.5, 0.6) is 0 Å². The summed E-state index contributed by atoms with van der Waals surface area (Å²) in [6, 6.07) is 0. The highest BCUT2D eigenvalue weighted by atomic mass is 31.2. The van der Waals surface area contributed by atoms with E-state index in [-0.39, 0.29) is 19.3 Å². The van der Waals surface area contributed by atoms with Gasteiger partial charge in [-0.05, 0) is 19.3 Å². The maximum atomic E-state index is 12.5. The molecule has 54 heavy (non-hydrogen) atoms. The van der Waals surface area contributed by atoms with E-state index in [1.165, 1.54) is 0 Å². The van der Waals surface area contributed by atoms with Crippen LogP contribution in [0.25, 0.3) is 0 Å². The average molecular weight is 821 g/mol. The van der Waals surface area contributed by atoms with Gasteiger partial charge in [0.2, 0.25) is 0 Å². The molecule has 0 heterocycles. The molecule has 0 fully saturated rings. The summed E-state index contributed by atoms with van der Waals surface area (Å²) >= 11 is 0. The van der Waals surface area contributed by atoms with E-state index in [0.29, 0.717) is 19.3 Å². The fourth-order valence-electron chi connectivity index (χ4n) is 4.65. The van der Waals surface area contributed by atoms with Crippen LogP contribution in [0, 0.1) is 0 Å². The third-order valence-electron chi connectivity index (χ3n) is 7.66. The molecule has 3 N–H and O–H groups in total. The molecule has 0 aromatic rings. The molecule has 0 aliphatic rings. The minimum Gasteiger partial charge on any atom is -0.462 e. The Morgan fingerprint density at radius 3 is 1.19 bits per heavy atom. The number of phosphoric acid groups is 2. The second-order valence-electron chi connectivity index (χ2n) is 13.0. The van der Waals surface area contributed by atoms with Crippen LogP contribution in [0.15, 0.2) is 0 Å². The molecule has 2 unspecified atom stereocenters. The van der Waals surface area contributed by atoms with Crippen LogP contribution < -0.4 is 0 Å². The Balaban J connectivity index is 4.95. The van der Waals surface area contributed by atoms with Gasteiger partial charge in [-0.3, -0.25) is 37.3 Å². The SMILES string of the molecule is CCCCCCCC(=O)OC[C@H](COP(=O)(O)OC[C@H](O)COP(=O)(O)OC[C@@H](COC(C)=O)OC(=O)CCCCCCC)OC(=O)CCCCCCC. The lowest BCUT2D eigenvalue weighted by Crippen LogP contribution is -2.30. The number of rotatable bonds is 36. The van der Waals surface area contributed by atoms with Gasteiger partial charge >= 0.3 is 39.5 Å². The van der Waals surface area contributed by atoms with Crippen molar-refractivity contribution < 1.29 is 80.2 Å². The van der Waals surface area contributed by atoms with Crippen LogP contribution in [0.4, 0.5) is 0 Å². The lowest BCUT2D eigenvalue weighted by Gasteiger charge is -2.21. The summed E-state index contributed by atoms with van der Waals surface area (Å²) in [4.78, 5) is 68.3. The molecule has 0 aromatic heterocycles. The third-order valence-corrected chi connectivity index (χ3v) is 9.56. The number of aliphatic hydroxyl groups excluding tert-OH is 1. The molecule has 0 aliphatic carbocycles. The van der Waals surface area contributed by atoms with E-state index < -0.39 is 97.5 Å². The number of carbonyl (C=O) groups excluding carboxylic acids is 4. The Labute approximate surface area is 320 Å². The van der Waals surface area contributed by atoms with Crippen molar-refractivity contribution in [2.75, 3.05) is 39.6 Å². The predicted octanol–water partition coefficient (Wildman–Crippen LogP) is 6.63. The monoisotopic (exact) mass is 820 g/mol. The summed E-state index contributed by atoms with van der Waals surface area (Å²) in [5.74, 6) is -2.40. The van der Waals surface area contributed by atoms with E-state index in [0.717, 1.165) is 84.0 Å². The summed E-state index contributed by atoms with van der Waals surface area (Å²) in [6.07, 6.45) is 9.69. The highest BCUT2D eigenvalue weighted by molar-refractivity contribution is 7.47. The van der Waals surface area contributed by atoms with Gasteiger partial charge < -0.3 is 33.8 Å². The number of unbranched alkanes of at least 4 members (excludes halogenated alkanes) is 12. The van der Waals surface area contributed by atoms with Crippen LogP contribution >= 0.6 is 15.6 Å². The summed E-state index contributed by atoms with van der Waals surface area (Å²) in [5, 5.41) is 10.2. The Morgan fingerprint density at radius 1 is 0.481 bits per heavy atom. The van der Waals surface area contributed by atoms with Crippen LogP contribution in [0.1, 0.15) is 143 Å². The molecule has 318 valence electrons. The maximum absolute atomic E-state index is 12.5. The molecule has 0 amide bonds. The van der Waals surface area contributed by atoms with E-state index in [2.05, 4.69) is 20.8 Å². The Bertz CT molecular complexity index is 1120. The van der Waals surface area contributed by atoms with Crippen molar-refractivity contribution in [1.82, 2.24) is 0 Å². The van der Waals surface area contributed by atoms with E-state index in [1.807, 2.05) is 0 Å². The van der Waals surface area contributed by atoms with E-state index >= 15 is 0 Å². The fraction of sp³-hybridized carbons (Fsp3) is 0.886. The molecule has 5 atom stereocenters. The summed E-state index contributed by atoms with van der Waals surface area (Å²) in [5.41, 5.74) is 0. The Kier molecular flexibility index (Phi) is 31.0. The van der Waals surface area contributed by atoms with Gasteiger partial charge in [-0.2, -0.15) is 0 Å². The third kappa shape index (κ3) is 32.3. The van der Waals surface area contributed by atoms with E-state index in [4.69, 9.17) is 37.0 Å². The largest absolute Gasteiger partial charge is 0.472 e. The number of hydrogen-bond acceptors (Lipinski definition) is 15. The normalized spacial score (nSPS) is 15.3. The first-order valence-electron chi connectivity index (χ1n) is 19.2. The minimum absolute atomic E-state index is 0.0932. The zero-order valence-corrected chi connectivity index (χ0v) is 34.4. The first-order valence-corrected chi connectivity index (χ1v) is 22.2. The highest BCUT2D eigenvalue weighted by Crippen LogP contribution is 2.45. The Hall–Kier alpha value is -1.94. The number of ether oxygens (including phenoxy) is 4. The second-order valence-corrected chi connectivity index (χ2v) is 15.9. The van der Waals surface area contributed by atoms with E-state index in [1.54, 1.807) is 0 Å². The molecule has 0 rings (SSSR count). The summed E-state index contributed by atoms with van der Waals surface area (Å²) in [7, 11) is -9.76. The molecule has 0 spiro atoms. The summed E-state index contributed by atoms with van der Waals surface area (Å²) in [6.45, 7) is 3.32. The van der Waals surface area contributed by atoms with Crippen LogP contribution in [0.3, 0.4) is 0 Å². The molecule has 0 saturated carbocycles. The molecule has 17 nitrogen and oxygen atoms in total. The van der Waals surface area contributed by atoms with Crippen molar-refractivity contribution in [2.45, 2.75) is 162 Å². The number of aliphatic hydroxyl groups is 1. The molecule has 0 aliphatic heterocycles. The van der Waals surface area contributed by atoms with Crippen molar-refractivity contribution >= 4 is 39.5 Å². The lowest BCUT2D eigenvalue weighted by molar-refractivity contribution is -0.161. The van der Waals surface area contributed by atoms with Gasteiger partial charge in [0, 0.05) is 26.2 Å². The van der Waals surface area contributed by atoms with E-state index in [9.17, 15) is 43.2 Å². The fourth-order valence-corrected chi connectivity index (χ4v) is 6.23. The predicted molar refractivity (Wildman–Crippen MR) is 197 cm³/mol. The number of hydrogen-bond donors (Lipinski definition) is 3.